The van der Waals surface area contributed by atoms with Crippen molar-refractivity contribution in [1.82, 2.24) is 18.9 Å². The molecule has 10 rings (SSSR count). The van der Waals surface area contributed by atoms with Gasteiger partial charge in [0.25, 0.3) is 0 Å². The van der Waals surface area contributed by atoms with Crippen molar-refractivity contribution in [3.8, 4) is 67.6 Å². The lowest BCUT2D eigenvalue weighted by atomic mass is 9.97. The second kappa shape index (κ2) is 12.8. The Kier molecular flexibility index (Phi) is 7.44. The average Bonchev–Trinajstić information content (AvgIpc) is 3.78. The number of phenolic OH excluding ortho intramolecular Hbond substituents is 1. The molecule has 256 valence electrons. The number of fused-ring (bicyclic) bond motifs is 4. The summed E-state index contributed by atoms with van der Waals surface area (Å²) in [4.78, 5) is 10.4. The highest BCUT2D eigenvalue weighted by molar-refractivity contribution is 6.09. The van der Waals surface area contributed by atoms with E-state index in [4.69, 9.17) is 9.97 Å². The molecule has 54 heavy (non-hydrogen) atoms. The molecule has 0 unspecified atom stereocenters. The van der Waals surface area contributed by atoms with Crippen LogP contribution in [0.15, 0.2) is 182 Å². The van der Waals surface area contributed by atoms with Gasteiger partial charge in [0.1, 0.15) is 11.4 Å². The smallest absolute Gasteiger partial charge is 0.137 e. The van der Waals surface area contributed by atoms with Crippen LogP contribution in [0.2, 0.25) is 0 Å². The molecule has 0 amide bonds. The number of aromatic nitrogens is 4. The predicted octanol–water partition coefficient (Wildman–Crippen LogP) is 12.2. The second-order valence-electron chi connectivity index (χ2n) is 13.8. The van der Waals surface area contributed by atoms with Gasteiger partial charge in [-0.05, 0) is 84.8 Å². The van der Waals surface area contributed by atoms with E-state index in [0.717, 1.165) is 56.2 Å². The van der Waals surface area contributed by atoms with Crippen molar-refractivity contribution in [2.45, 2.75) is 6.92 Å². The number of phenols is 1. The molecule has 0 atom stereocenters. The first-order chi connectivity index (χ1) is 26.6. The Morgan fingerprint density at radius 3 is 1.96 bits per heavy atom. The van der Waals surface area contributed by atoms with Gasteiger partial charge in [-0.15, -0.1) is 0 Å². The van der Waals surface area contributed by atoms with Gasteiger partial charge in [0.05, 0.1) is 33.8 Å². The molecule has 5 nitrogen and oxygen atoms in total. The minimum Gasteiger partial charge on any atom is -0.507 e. The fourth-order valence-electron chi connectivity index (χ4n) is 7.79. The van der Waals surface area contributed by atoms with Gasteiger partial charge in [-0.1, -0.05) is 115 Å². The van der Waals surface area contributed by atoms with Crippen LogP contribution in [-0.4, -0.2) is 24.0 Å². The van der Waals surface area contributed by atoms with E-state index in [0.29, 0.717) is 11.3 Å². The summed E-state index contributed by atoms with van der Waals surface area (Å²) in [6.07, 6.45) is 2.09. The van der Waals surface area contributed by atoms with Crippen LogP contribution in [0.1, 0.15) is 5.56 Å². The maximum Gasteiger partial charge on any atom is 0.137 e. The summed E-state index contributed by atoms with van der Waals surface area (Å²) in [7, 11) is 0. The number of nitrogens with zero attached hydrogens (tertiary/aromatic N) is 4. The topological polar surface area (TPSA) is 55.4 Å². The number of aromatic hydroxyl groups is 1. The number of aryl methyl sites for hydroxylation is 1. The number of benzene rings is 6. The van der Waals surface area contributed by atoms with Crippen molar-refractivity contribution >= 4 is 27.5 Å². The fraction of sp³-hybridized carbons (Fsp3) is 0.0204. The highest BCUT2D eigenvalue weighted by Gasteiger charge is 2.19. The summed E-state index contributed by atoms with van der Waals surface area (Å²) in [5.41, 5.74) is 14.7. The maximum atomic E-state index is 10.9. The largest absolute Gasteiger partial charge is 0.507 e. The Hall–Kier alpha value is -7.24. The molecule has 5 heteroatoms. The Bertz CT molecular complexity index is 2990. The maximum absolute atomic E-state index is 10.9. The van der Waals surface area contributed by atoms with E-state index in [1.807, 2.05) is 24.3 Å². The number of rotatable bonds is 6. The number of hydrogen-bond acceptors (Lipinski definition) is 3. The number of pyridine rings is 2. The van der Waals surface area contributed by atoms with Gasteiger partial charge < -0.3 is 9.67 Å². The zero-order chi connectivity index (χ0) is 36.2. The lowest BCUT2D eigenvalue weighted by molar-refractivity contribution is 0.477. The summed E-state index contributed by atoms with van der Waals surface area (Å²) in [6.45, 7) is 2.10. The Balaban J connectivity index is 1.14. The lowest BCUT2D eigenvalue weighted by Gasteiger charge is -2.13. The van der Waals surface area contributed by atoms with Gasteiger partial charge in [0.2, 0.25) is 0 Å². The molecule has 1 N–H and O–H groups in total. The SMILES string of the molecule is Cc1cccc(-c2cc(-c3cccc(-c4nc5ccccn5c4-c4cccc(-n5c6ccccc6c6ccccc65)c4)c3)nc(-c3ccccc3O)c2)c1. The predicted molar refractivity (Wildman–Crippen MR) is 221 cm³/mol. The molecule has 0 aliphatic rings. The van der Waals surface area contributed by atoms with Crippen molar-refractivity contribution in [3.63, 3.8) is 0 Å². The second-order valence-corrected chi connectivity index (χ2v) is 13.8. The zero-order valence-corrected chi connectivity index (χ0v) is 29.6. The molecule has 0 fully saturated rings. The molecule has 0 saturated heterocycles. The van der Waals surface area contributed by atoms with E-state index in [9.17, 15) is 5.11 Å². The van der Waals surface area contributed by atoms with Crippen molar-refractivity contribution < 1.29 is 5.11 Å². The highest BCUT2D eigenvalue weighted by Crippen LogP contribution is 2.39. The highest BCUT2D eigenvalue weighted by atomic mass is 16.3. The molecule has 0 bridgehead atoms. The van der Waals surface area contributed by atoms with E-state index in [1.54, 1.807) is 6.07 Å². The molecule has 4 aromatic heterocycles. The van der Waals surface area contributed by atoms with Gasteiger partial charge >= 0.3 is 0 Å². The normalized spacial score (nSPS) is 11.5. The van der Waals surface area contributed by atoms with E-state index < -0.39 is 0 Å². The van der Waals surface area contributed by atoms with Crippen molar-refractivity contribution in [3.05, 3.63) is 188 Å². The minimum absolute atomic E-state index is 0.198. The monoisotopic (exact) mass is 694 g/mol. The van der Waals surface area contributed by atoms with Crippen LogP contribution >= 0.6 is 0 Å². The zero-order valence-electron chi connectivity index (χ0n) is 29.6. The molecule has 0 spiro atoms. The Morgan fingerprint density at radius 2 is 1.15 bits per heavy atom. The third-order valence-corrected chi connectivity index (χ3v) is 10.3. The van der Waals surface area contributed by atoms with E-state index in [1.165, 1.54) is 27.4 Å². The molecule has 10 aromatic rings. The van der Waals surface area contributed by atoms with Crippen molar-refractivity contribution in [1.29, 1.82) is 0 Å². The van der Waals surface area contributed by atoms with Gasteiger partial charge in [0.15, 0.2) is 0 Å². The first-order valence-corrected chi connectivity index (χ1v) is 18.1. The third kappa shape index (κ3) is 5.33. The van der Waals surface area contributed by atoms with Crippen LogP contribution in [0, 0.1) is 6.92 Å². The van der Waals surface area contributed by atoms with Crippen LogP contribution in [-0.2, 0) is 0 Å². The molecule has 6 aromatic carbocycles. The molecule has 0 saturated carbocycles. The summed E-state index contributed by atoms with van der Waals surface area (Å²) in [5.74, 6) is 0.198. The van der Waals surface area contributed by atoms with Crippen molar-refractivity contribution in [2.24, 2.45) is 0 Å². The van der Waals surface area contributed by atoms with Crippen LogP contribution in [0.4, 0.5) is 0 Å². The standard InChI is InChI=1S/C49H34N4O/c1-32-13-10-14-33(27-32)37-30-42(50-43(31-37)41-21-4-7-24-46(41)54)34-15-11-16-35(28-34)48-49(52-26-9-8-25-47(52)51-48)36-17-12-18-38(29-36)53-44-22-5-2-19-39(44)40-20-3-6-23-45(40)53/h2-31,54H,1H3. The summed E-state index contributed by atoms with van der Waals surface area (Å²) in [5, 5.41) is 13.3. The van der Waals surface area contributed by atoms with Gasteiger partial charge in [-0.2, -0.15) is 0 Å². The molecular weight excluding hydrogens is 661 g/mol. The van der Waals surface area contributed by atoms with Crippen LogP contribution in [0.3, 0.4) is 0 Å². The van der Waals surface area contributed by atoms with Crippen LogP contribution in [0.25, 0.3) is 89.3 Å². The molecule has 0 aliphatic carbocycles. The molecule has 4 heterocycles. The van der Waals surface area contributed by atoms with Gasteiger partial charge in [-0.25, -0.2) is 9.97 Å². The number of imidazole rings is 1. The van der Waals surface area contributed by atoms with E-state index >= 15 is 0 Å². The summed E-state index contributed by atoms with van der Waals surface area (Å²) >= 11 is 0. The van der Waals surface area contributed by atoms with Crippen molar-refractivity contribution in [2.75, 3.05) is 0 Å². The fourth-order valence-corrected chi connectivity index (χ4v) is 7.79. The summed E-state index contributed by atoms with van der Waals surface area (Å²) < 4.78 is 4.53. The average molecular weight is 695 g/mol. The lowest BCUT2D eigenvalue weighted by Crippen LogP contribution is -1.96. The molecule has 0 aliphatic heterocycles. The van der Waals surface area contributed by atoms with Gasteiger partial charge in [0, 0.05) is 44.9 Å². The Labute approximate surface area is 312 Å². The number of para-hydroxylation sites is 3. The van der Waals surface area contributed by atoms with Crippen LogP contribution < -0.4 is 0 Å². The van der Waals surface area contributed by atoms with E-state index in [2.05, 4.69) is 168 Å². The minimum atomic E-state index is 0.198. The van der Waals surface area contributed by atoms with Gasteiger partial charge in [-0.3, -0.25) is 4.40 Å². The molecule has 0 radical (unpaired) electrons. The molecular formula is C49H34N4O. The summed E-state index contributed by atoms with van der Waals surface area (Å²) in [6, 6.07) is 60.6. The first kappa shape index (κ1) is 31.5. The Morgan fingerprint density at radius 1 is 0.481 bits per heavy atom. The first-order valence-electron chi connectivity index (χ1n) is 18.1. The van der Waals surface area contributed by atoms with Crippen LogP contribution in [0.5, 0.6) is 5.75 Å². The number of hydrogen-bond donors (Lipinski definition) is 1. The third-order valence-electron chi connectivity index (χ3n) is 10.3. The van der Waals surface area contributed by atoms with E-state index in [-0.39, 0.29) is 5.75 Å². The quantitative estimate of drug-likeness (QED) is 0.188.